The fourth-order valence-corrected chi connectivity index (χ4v) is 0.624. The highest BCUT2D eigenvalue weighted by Crippen LogP contribution is 2.08. The van der Waals surface area contributed by atoms with E-state index in [9.17, 15) is 4.39 Å². The van der Waals surface area contributed by atoms with E-state index in [0.717, 1.165) is 0 Å². The van der Waals surface area contributed by atoms with Gasteiger partial charge in [-0.2, -0.15) is 0 Å². The van der Waals surface area contributed by atoms with Crippen LogP contribution in [0.4, 0.5) is 4.39 Å². The number of hydrogen-bond donors (Lipinski definition) is 0. The maximum absolute atomic E-state index is 12.5. The minimum Gasteiger partial charge on any atom is -0.242 e. The van der Waals surface area contributed by atoms with Crippen LogP contribution in [0, 0.1) is 5.92 Å². The van der Waals surface area contributed by atoms with Crippen molar-refractivity contribution >= 4 is 0 Å². The molecule has 0 aliphatic rings. The molecule has 0 spiro atoms. The highest BCUT2D eigenvalue weighted by molar-refractivity contribution is 4.94. The molecule has 52 valence electrons. The average molecular weight is 128 g/mol. The predicted molar refractivity (Wildman–Crippen MR) is 39.1 cm³/mol. The first-order valence-corrected chi connectivity index (χ1v) is 3.11. The van der Waals surface area contributed by atoms with Crippen molar-refractivity contribution in [3.8, 4) is 0 Å². The molecule has 0 amide bonds. The van der Waals surface area contributed by atoms with E-state index in [2.05, 4.69) is 6.58 Å². The first kappa shape index (κ1) is 8.41. The first-order chi connectivity index (χ1) is 4.22. The van der Waals surface area contributed by atoms with Gasteiger partial charge in [-0.3, -0.25) is 0 Å². The third-order valence-electron chi connectivity index (χ3n) is 1.22. The van der Waals surface area contributed by atoms with Crippen molar-refractivity contribution in [1.82, 2.24) is 0 Å². The monoisotopic (exact) mass is 128 g/mol. The van der Waals surface area contributed by atoms with E-state index in [1.165, 1.54) is 6.08 Å². The summed E-state index contributed by atoms with van der Waals surface area (Å²) in [5.41, 5.74) is 0. The highest BCUT2D eigenvalue weighted by atomic mass is 19.1. The molecule has 2 unspecified atom stereocenters. The average Bonchev–Trinajstić information content (AvgIpc) is 1.87. The Bertz CT molecular complexity index is 105. The molecule has 0 N–H and O–H groups in total. The minimum atomic E-state index is -0.902. The summed E-state index contributed by atoms with van der Waals surface area (Å²) < 4.78 is 12.5. The van der Waals surface area contributed by atoms with E-state index in [0.29, 0.717) is 0 Å². The number of hydrogen-bond acceptors (Lipinski definition) is 0. The van der Waals surface area contributed by atoms with Crippen molar-refractivity contribution in [1.29, 1.82) is 0 Å². The summed E-state index contributed by atoms with van der Waals surface area (Å²) in [5, 5.41) is 0. The normalized spacial score (nSPS) is 17.7. The van der Waals surface area contributed by atoms with Crippen molar-refractivity contribution in [2.45, 2.75) is 20.0 Å². The zero-order valence-electron chi connectivity index (χ0n) is 5.97. The van der Waals surface area contributed by atoms with E-state index in [1.54, 1.807) is 0 Å². The molecule has 0 aliphatic heterocycles. The van der Waals surface area contributed by atoms with Gasteiger partial charge in [0.15, 0.2) is 0 Å². The van der Waals surface area contributed by atoms with E-state index in [-0.39, 0.29) is 5.92 Å². The van der Waals surface area contributed by atoms with Gasteiger partial charge in [-0.1, -0.05) is 25.2 Å². The fourth-order valence-electron chi connectivity index (χ4n) is 0.624. The minimum absolute atomic E-state index is 0.0347. The molecule has 0 radical (unpaired) electrons. The lowest BCUT2D eigenvalue weighted by Gasteiger charge is -2.05. The van der Waals surface area contributed by atoms with Gasteiger partial charge in [0, 0.05) is 5.92 Å². The Morgan fingerprint density at radius 1 is 1.56 bits per heavy atom. The molecule has 0 saturated heterocycles. The second kappa shape index (κ2) is 4.30. The molecular weight excluding hydrogens is 115 g/mol. The molecule has 0 bridgehead atoms. The van der Waals surface area contributed by atoms with Crippen molar-refractivity contribution in [3.05, 3.63) is 24.8 Å². The molecule has 0 nitrogen and oxygen atoms in total. The van der Waals surface area contributed by atoms with Crippen LogP contribution in [0.25, 0.3) is 0 Å². The van der Waals surface area contributed by atoms with Crippen LogP contribution in [0.15, 0.2) is 24.8 Å². The Morgan fingerprint density at radius 2 is 2.11 bits per heavy atom. The highest BCUT2D eigenvalue weighted by Gasteiger charge is 2.06. The smallest absolute Gasteiger partial charge is 0.124 e. The number of alkyl halides is 1. The van der Waals surface area contributed by atoms with Crippen molar-refractivity contribution in [2.75, 3.05) is 0 Å². The van der Waals surface area contributed by atoms with Gasteiger partial charge in [0.25, 0.3) is 0 Å². The molecule has 0 aromatic heterocycles. The number of rotatable bonds is 3. The van der Waals surface area contributed by atoms with Gasteiger partial charge in [0.1, 0.15) is 6.17 Å². The van der Waals surface area contributed by atoms with E-state index < -0.39 is 6.17 Å². The fraction of sp³-hybridized carbons (Fsp3) is 0.500. The number of halogens is 1. The zero-order valence-corrected chi connectivity index (χ0v) is 5.97. The Kier molecular flexibility index (Phi) is 4.02. The quantitative estimate of drug-likeness (QED) is 0.513. The zero-order chi connectivity index (χ0) is 7.28. The lowest BCUT2D eigenvalue weighted by molar-refractivity contribution is 0.337. The van der Waals surface area contributed by atoms with Gasteiger partial charge in [-0.05, 0) is 6.92 Å². The molecule has 9 heavy (non-hydrogen) atoms. The summed E-state index contributed by atoms with van der Waals surface area (Å²) >= 11 is 0. The van der Waals surface area contributed by atoms with Crippen LogP contribution in [0.1, 0.15) is 13.8 Å². The van der Waals surface area contributed by atoms with Crippen molar-refractivity contribution in [3.63, 3.8) is 0 Å². The van der Waals surface area contributed by atoms with Crippen LogP contribution in [0.3, 0.4) is 0 Å². The third-order valence-corrected chi connectivity index (χ3v) is 1.22. The lowest BCUT2D eigenvalue weighted by atomic mass is 10.1. The molecule has 2 atom stereocenters. The van der Waals surface area contributed by atoms with E-state index in [1.807, 2.05) is 26.0 Å². The Hall–Kier alpha value is -0.590. The van der Waals surface area contributed by atoms with Crippen LogP contribution in [-0.2, 0) is 0 Å². The van der Waals surface area contributed by atoms with E-state index in [4.69, 9.17) is 0 Å². The van der Waals surface area contributed by atoms with Crippen LogP contribution in [-0.4, -0.2) is 6.17 Å². The molecule has 0 saturated carbocycles. The molecular formula is C8H13F. The molecule has 1 heteroatoms. The topological polar surface area (TPSA) is 0 Å². The van der Waals surface area contributed by atoms with Crippen LogP contribution in [0.2, 0.25) is 0 Å². The Labute approximate surface area is 56.1 Å². The lowest BCUT2D eigenvalue weighted by Crippen LogP contribution is -2.05. The van der Waals surface area contributed by atoms with Gasteiger partial charge >= 0.3 is 0 Å². The van der Waals surface area contributed by atoms with Crippen molar-refractivity contribution in [2.24, 2.45) is 5.92 Å². The van der Waals surface area contributed by atoms with Gasteiger partial charge in [-0.15, -0.1) is 6.58 Å². The van der Waals surface area contributed by atoms with Gasteiger partial charge < -0.3 is 0 Å². The van der Waals surface area contributed by atoms with Crippen LogP contribution < -0.4 is 0 Å². The van der Waals surface area contributed by atoms with Crippen molar-refractivity contribution < 1.29 is 4.39 Å². The molecule has 0 aromatic rings. The van der Waals surface area contributed by atoms with Gasteiger partial charge in [-0.25, -0.2) is 4.39 Å². The maximum Gasteiger partial charge on any atom is 0.124 e. The summed E-state index contributed by atoms with van der Waals surface area (Å²) in [7, 11) is 0. The third kappa shape index (κ3) is 3.07. The summed E-state index contributed by atoms with van der Waals surface area (Å²) in [6, 6.07) is 0. The van der Waals surface area contributed by atoms with Gasteiger partial charge in [0.05, 0.1) is 0 Å². The largest absolute Gasteiger partial charge is 0.242 e. The molecule has 0 rings (SSSR count). The summed E-state index contributed by atoms with van der Waals surface area (Å²) in [4.78, 5) is 0. The second-order valence-corrected chi connectivity index (χ2v) is 2.07. The number of allylic oxidation sites excluding steroid dienone is 3. The summed E-state index contributed by atoms with van der Waals surface area (Å²) in [6.45, 7) is 7.06. The summed E-state index contributed by atoms with van der Waals surface area (Å²) in [5.74, 6) is -0.0347. The SMILES string of the molecule is C=CC(F)C(C)/C=C\C. The predicted octanol–water partition coefficient (Wildman–Crippen LogP) is 2.72. The van der Waals surface area contributed by atoms with Crippen LogP contribution >= 0.6 is 0 Å². The standard InChI is InChI=1S/C8H13F/c1-4-6-7(3)8(9)5-2/h4-8H,2H2,1,3H3/b6-4-. The maximum atomic E-state index is 12.5. The first-order valence-electron chi connectivity index (χ1n) is 3.11. The Morgan fingerprint density at radius 3 is 2.44 bits per heavy atom. The molecule has 0 aromatic carbocycles. The van der Waals surface area contributed by atoms with Gasteiger partial charge in [0.2, 0.25) is 0 Å². The van der Waals surface area contributed by atoms with Crippen LogP contribution in [0.5, 0.6) is 0 Å². The molecule has 0 fully saturated rings. The molecule has 0 heterocycles. The molecule has 0 aliphatic carbocycles. The van der Waals surface area contributed by atoms with E-state index >= 15 is 0 Å². The summed E-state index contributed by atoms with van der Waals surface area (Å²) in [6.07, 6.45) is 4.10. The Balaban J connectivity index is 3.71. The second-order valence-electron chi connectivity index (χ2n) is 2.07.